The number of hydrogen-bond acceptors (Lipinski definition) is 9. The van der Waals surface area contributed by atoms with Crippen molar-refractivity contribution in [2.75, 3.05) is 35.5 Å². The van der Waals surface area contributed by atoms with Gasteiger partial charge in [-0.3, -0.25) is 4.79 Å². The number of benzene rings is 3. The number of allylic oxidation sites excluding steroid dienone is 1. The molecule has 3 aromatic carbocycles. The first-order valence-corrected chi connectivity index (χ1v) is 12.2. The van der Waals surface area contributed by atoms with Crippen molar-refractivity contribution in [1.29, 1.82) is 0 Å². The molecule has 3 N–H and O–H groups in total. The summed E-state index contributed by atoms with van der Waals surface area (Å²) in [5, 5.41) is 30.3. The molecule has 0 aliphatic heterocycles. The van der Waals surface area contributed by atoms with Crippen LogP contribution in [0.1, 0.15) is 49.7 Å². The molecule has 39 heavy (non-hydrogen) atoms. The minimum Gasteiger partial charge on any atom is -0.496 e. The topological polar surface area (TPSA) is 124 Å². The molecule has 9 heteroatoms. The second kappa shape index (κ2) is 11.8. The molecule has 0 fully saturated rings. The number of hydrogen-bond donors (Lipinski definition) is 3. The maximum absolute atomic E-state index is 14.0. The minimum atomic E-state index is -0.654. The highest BCUT2D eigenvalue weighted by atomic mass is 16.5. The Morgan fingerprint density at radius 1 is 0.718 bits per heavy atom. The standard InChI is InChI=1S/C30H32O9/c1-35-23-7-6-16(9-24(23)36-2)8-20-26(17-10-19(14-32)29(38-4)25(12-17)37-3)27-21(28(20)34)11-18(13-31)22(15-33)30(27)39-5/h6-12,26,31-33H,13-15H2,1-5H3. The van der Waals surface area contributed by atoms with E-state index >= 15 is 0 Å². The average Bonchev–Trinajstić information content (AvgIpc) is 3.25. The molecule has 0 saturated heterocycles. The number of aliphatic hydroxyl groups is 3. The Kier molecular flexibility index (Phi) is 8.44. The molecule has 0 radical (unpaired) electrons. The summed E-state index contributed by atoms with van der Waals surface area (Å²) in [4.78, 5) is 14.0. The number of methoxy groups -OCH3 is 5. The molecule has 0 heterocycles. The van der Waals surface area contributed by atoms with E-state index in [4.69, 9.17) is 23.7 Å². The van der Waals surface area contributed by atoms with Crippen molar-refractivity contribution in [1.82, 2.24) is 0 Å². The maximum atomic E-state index is 14.0. The van der Waals surface area contributed by atoms with Gasteiger partial charge in [0.05, 0.1) is 55.4 Å². The lowest BCUT2D eigenvalue weighted by Crippen LogP contribution is -2.08. The number of aliphatic hydroxyl groups excluding tert-OH is 3. The number of carbonyl (C=O) groups excluding carboxylic acids is 1. The van der Waals surface area contributed by atoms with Crippen molar-refractivity contribution in [2.24, 2.45) is 0 Å². The number of ether oxygens (including phenoxy) is 5. The molecule has 9 nitrogen and oxygen atoms in total. The van der Waals surface area contributed by atoms with Gasteiger partial charge in [-0.05, 0) is 53.1 Å². The SMILES string of the molecule is COc1ccc(C=C2C(=O)c3cc(CO)c(CO)c(OC)c3C2c2cc(CO)c(OC)c(OC)c2)cc1OC. The van der Waals surface area contributed by atoms with Crippen molar-refractivity contribution < 1.29 is 43.8 Å². The Bertz CT molecular complexity index is 1400. The third kappa shape index (κ3) is 4.80. The molecule has 3 aromatic rings. The minimum absolute atomic E-state index is 0.261. The maximum Gasteiger partial charge on any atom is 0.190 e. The first-order chi connectivity index (χ1) is 18.9. The summed E-state index contributed by atoms with van der Waals surface area (Å²) in [6.45, 7) is -1.09. The number of ketones is 1. The van der Waals surface area contributed by atoms with E-state index in [0.717, 1.165) is 0 Å². The van der Waals surface area contributed by atoms with Gasteiger partial charge in [0.1, 0.15) is 5.75 Å². The van der Waals surface area contributed by atoms with E-state index in [-0.39, 0.29) is 19.0 Å². The van der Waals surface area contributed by atoms with Crippen LogP contribution in [0, 0.1) is 0 Å². The second-order valence-electron chi connectivity index (χ2n) is 8.87. The van der Waals surface area contributed by atoms with Gasteiger partial charge in [0.15, 0.2) is 28.8 Å². The van der Waals surface area contributed by atoms with Gasteiger partial charge in [0.2, 0.25) is 0 Å². The van der Waals surface area contributed by atoms with E-state index < -0.39 is 12.5 Å². The molecule has 0 amide bonds. The molecular formula is C30H32O9. The lowest BCUT2D eigenvalue weighted by Gasteiger charge is -2.22. The van der Waals surface area contributed by atoms with Crippen molar-refractivity contribution in [3.63, 3.8) is 0 Å². The van der Waals surface area contributed by atoms with Gasteiger partial charge in [0.25, 0.3) is 0 Å². The van der Waals surface area contributed by atoms with E-state index in [9.17, 15) is 20.1 Å². The fraction of sp³-hybridized carbons (Fsp3) is 0.300. The first-order valence-electron chi connectivity index (χ1n) is 12.2. The van der Waals surface area contributed by atoms with E-state index in [1.165, 1.54) is 28.4 Å². The van der Waals surface area contributed by atoms with Crippen LogP contribution in [0.5, 0.6) is 28.7 Å². The summed E-state index contributed by atoms with van der Waals surface area (Å²) in [5.41, 5.74) is 3.94. The Morgan fingerprint density at radius 2 is 1.38 bits per heavy atom. The predicted molar refractivity (Wildman–Crippen MR) is 144 cm³/mol. The van der Waals surface area contributed by atoms with Gasteiger partial charge in [-0.1, -0.05) is 6.07 Å². The Hall–Kier alpha value is -4.05. The lowest BCUT2D eigenvalue weighted by molar-refractivity contribution is 0.103. The summed E-state index contributed by atoms with van der Waals surface area (Å²) in [5.74, 6) is 1.22. The van der Waals surface area contributed by atoms with Crippen molar-refractivity contribution >= 4 is 11.9 Å². The molecular weight excluding hydrogens is 504 g/mol. The Morgan fingerprint density at radius 3 is 1.95 bits per heavy atom. The van der Waals surface area contributed by atoms with Crippen LogP contribution in [0.4, 0.5) is 0 Å². The highest BCUT2D eigenvalue weighted by molar-refractivity contribution is 6.18. The molecule has 1 unspecified atom stereocenters. The van der Waals surface area contributed by atoms with E-state index in [0.29, 0.717) is 73.3 Å². The van der Waals surface area contributed by atoms with Crippen LogP contribution in [0.15, 0.2) is 42.0 Å². The van der Waals surface area contributed by atoms with Gasteiger partial charge >= 0.3 is 0 Å². The molecule has 206 valence electrons. The van der Waals surface area contributed by atoms with Gasteiger partial charge in [0, 0.05) is 33.7 Å². The van der Waals surface area contributed by atoms with E-state index in [1.807, 2.05) is 6.07 Å². The quantitative estimate of drug-likeness (QED) is 0.333. The predicted octanol–water partition coefficient (Wildman–Crippen LogP) is 3.62. The van der Waals surface area contributed by atoms with Crippen LogP contribution in [0.25, 0.3) is 6.08 Å². The molecule has 1 aliphatic rings. The molecule has 1 aliphatic carbocycles. The summed E-state index contributed by atoms with van der Waals surface area (Å²) >= 11 is 0. The van der Waals surface area contributed by atoms with Crippen molar-refractivity contribution in [3.8, 4) is 28.7 Å². The smallest absolute Gasteiger partial charge is 0.190 e. The third-order valence-electron chi connectivity index (χ3n) is 6.97. The van der Waals surface area contributed by atoms with Gasteiger partial charge in [-0.15, -0.1) is 0 Å². The van der Waals surface area contributed by atoms with Crippen molar-refractivity contribution in [2.45, 2.75) is 25.7 Å². The van der Waals surface area contributed by atoms with E-state index in [2.05, 4.69) is 0 Å². The summed E-state index contributed by atoms with van der Waals surface area (Å²) in [6.07, 6.45) is 1.76. The van der Waals surface area contributed by atoms with Crippen LogP contribution in [0.2, 0.25) is 0 Å². The average molecular weight is 537 g/mol. The molecule has 4 rings (SSSR count). The highest BCUT2D eigenvalue weighted by Gasteiger charge is 2.40. The Balaban J connectivity index is 2.06. The van der Waals surface area contributed by atoms with Crippen LogP contribution < -0.4 is 23.7 Å². The van der Waals surface area contributed by atoms with Crippen LogP contribution in [-0.2, 0) is 19.8 Å². The molecule has 1 atom stereocenters. The molecule has 0 saturated carbocycles. The monoisotopic (exact) mass is 536 g/mol. The number of Topliss-reactive ketones (excluding diaryl/α,β-unsaturated/α-hetero) is 1. The van der Waals surface area contributed by atoms with Gasteiger partial charge in [-0.2, -0.15) is 0 Å². The van der Waals surface area contributed by atoms with Gasteiger partial charge < -0.3 is 39.0 Å². The number of carbonyl (C=O) groups is 1. The lowest BCUT2D eigenvalue weighted by atomic mass is 9.85. The summed E-state index contributed by atoms with van der Waals surface area (Å²) in [6, 6.07) is 10.4. The normalized spacial score (nSPS) is 15.3. The number of rotatable bonds is 10. The zero-order valence-electron chi connectivity index (χ0n) is 22.5. The summed E-state index contributed by atoms with van der Waals surface area (Å²) < 4.78 is 27.6. The second-order valence-corrected chi connectivity index (χ2v) is 8.87. The zero-order valence-corrected chi connectivity index (χ0v) is 22.5. The van der Waals surface area contributed by atoms with Crippen molar-refractivity contribution in [3.05, 3.63) is 80.9 Å². The van der Waals surface area contributed by atoms with Crippen LogP contribution in [0.3, 0.4) is 0 Å². The van der Waals surface area contributed by atoms with E-state index in [1.54, 1.807) is 43.5 Å². The third-order valence-corrected chi connectivity index (χ3v) is 6.97. The Labute approximate surface area is 226 Å². The summed E-state index contributed by atoms with van der Waals surface area (Å²) in [7, 11) is 7.52. The van der Waals surface area contributed by atoms with Gasteiger partial charge in [-0.25, -0.2) is 0 Å². The fourth-order valence-corrected chi connectivity index (χ4v) is 5.20. The van der Waals surface area contributed by atoms with Crippen LogP contribution in [-0.4, -0.2) is 56.7 Å². The largest absolute Gasteiger partial charge is 0.496 e. The molecule has 0 spiro atoms. The molecule has 0 aromatic heterocycles. The fourth-order valence-electron chi connectivity index (χ4n) is 5.20. The highest BCUT2D eigenvalue weighted by Crippen LogP contribution is 2.51. The first kappa shape index (κ1) is 28.0. The molecule has 0 bridgehead atoms. The number of fused-ring (bicyclic) bond motifs is 1. The van der Waals surface area contributed by atoms with Crippen LogP contribution >= 0.6 is 0 Å². The zero-order chi connectivity index (χ0) is 28.3.